The fraction of sp³-hybridized carbons (Fsp3) is 0.375. The van der Waals surface area contributed by atoms with Crippen molar-refractivity contribution in [3.63, 3.8) is 0 Å². The first-order valence-corrected chi connectivity index (χ1v) is 15.4. The average molecular weight is 594 g/mol. The number of nitrogens with one attached hydrogen (secondary N) is 1. The van der Waals surface area contributed by atoms with E-state index >= 15 is 0 Å². The molecule has 38 heavy (non-hydrogen) atoms. The molecular formula is C32H37BrN2O2S. The van der Waals surface area contributed by atoms with E-state index in [1.807, 2.05) is 54.6 Å². The highest BCUT2D eigenvalue weighted by molar-refractivity contribution is 9.10. The molecule has 0 aromatic heterocycles. The molecule has 3 aromatic carbocycles. The molecule has 1 N–H and O–H groups in total. The Morgan fingerprint density at radius 2 is 1.58 bits per heavy atom. The molecule has 1 aliphatic rings. The lowest BCUT2D eigenvalue weighted by Gasteiger charge is -2.32. The first-order valence-electron chi connectivity index (χ1n) is 13.4. The van der Waals surface area contributed by atoms with Gasteiger partial charge in [-0.25, -0.2) is 0 Å². The standard InChI is InChI=1S/C32H37BrN2O2S/c1-23-16-24(2)18-27(17-23)21-38-22-31(36)35(20-26-12-14-28(33)15-13-26)30(19-25-8-4-3-5-9-25)32(37)34-29-10-6-7-11-29/h3-5,8-9,12-18,29-30H,6-7,10-11,19-22H2,1-2H3,(H,34,37)/t30-/m0/s1. The number of amides is 2. The molecule has 0 bridgehead atoms. The second-order valence-corrected chi connectivity index (χ2v) is 12.2. The zero-order valence-electron chi connectivity index (χ0n) is 22.3. The SMILES string of the molecule is Cc1cc(C)cc(CSCC(=O)N(Cc2ccc(Br)cc2)[C@@H](Cc2ccccc2)C(=O)NC2CCCC2)c1. The van der Waals surface area contributed by atoms with Crippen molar-refractivity contribution >= 4 is 39.5 Å². The number of halogens is 1. The van der Waals surface area contributed by atoms with Gasteiger partial charge in [-0.15, -0.1) is 11.8 Å². The summed E-state index contributed by atoms with van der Waals surface area (Å²) in [7, 11) is 0. The number of rotatable bonds is 11. The lowest BCUT2D eigenvalue weighted by Crippen LogP contribution is -2.52. The van der Waals surface area contributed by atoms with Crippen LogP contribution in [-0.4, -0.2) is 34.6 Å². The number of hydrogen-bond acceptors (Lipinski definition) is 3. The monoisotopic (exact) mass is 592 g/mol. The molecule has 0 saturated heterocycles. The van der Waals surface area contributed by atoms with Crippen LogP contribution in [0.3, 0.4) is 0 Å². The van der Waals surface area contributed by atoms with Crippen LogP contribution in [0.4, 0.5) is 0 Å². The van der Waals surface area contributed by atoms with Gasteiger partial charge in [-0.2, -0.15) is 0 Å². The molecule has 200 valence electrons. The van der Waals surface area contributed by atoms with E-state index in [9.17, 15) is 9.59 Å². The van der Waals surface area contributed by atoms with E-state index in [4.69, 9.17) is 0 Å². The number of hydrogen-bond donors (Lipinski definition) is 1. The number of aryl methyl sites for hydroxylation is 2. The van der Waals surface area contributed by atoms with Gasteiger partial charge in [0.05, 0.1) is 5.75 Å². The molecule has 0 heterocycles. The maximum Gasteiger partial charge on any atom is 0.243 e. The van der Waals surface area contributed by atoms with Gasteiger partial charge in [-0.1, -0.05) is 101 Å². The fourth-order valence-corrected chi connectivity index (χ4v) is 6.31. The lowest BCUT2D eigenvalue weighted by molar-refractivity contribution is -0.139. The smallest absolute Gasteiger partial charge is 0.243 e. The fourth-order valence-electron chi connectivity index (χ4n) is 5.20. The Hall–Kier alpha value is -2.57. The third-order valence-corrected chi connectivity index (χ3v) is 8.53. The molecule has 3 aromatic rings. The summed E-state index contributed by atoms with van der Waals surface area (Å²) in [6, 6.07) is 24.2. The third kappa shape index (κ3) is 8.47. The Morgan fingerprint density at radius 1 is 0.921 bits per heavy atom. The van der Waals surface area contributed by atoms with Crippen molar-refractivity contribution < 1.29 is 9.59 Å². The molecule has 4 nitrogen and oxygen atoms in total. The van der Waals surface area contributed by atoms with Crippen LogP contribution in [0.25, 0.3) is 0 Å². The number of benzene rings is 3. The quantitative estimate of drug-likeness (QED) is 0.261. The van der Waals surface area contributed by atoms with Gasteiger partial charge in [0.2, 0.25) is 11.8 Å². The topological polar surface area (TPSA) is 49.4 Å². The summed E-state index contributed by atoms with van der Waals surface area (Å²) >= 11 is 5.12. The van der Waals surface area contributed by atoms with Crippen LogP contribution in [0, 0.1) is 13.8 Å². The molecule has 1 fully saturated rings. The second kappa shape index (κ2) is 14.0. The summed E-state index contributed by atoms with van der Waals surface area (Å²) in [5.74, 6) is 1.03. The maximum absolute atomic E-state index is 13.8. The molecule has 0 aliphatic heterocycles. The number of carbonyl (C=O) groups excluding carboxylic acids is 2. The van der Waals surface area contributed by atoms with E-state index in [-0.39, 0.29) is 17.9 Å². The molecule has 0 spiro atoms. The van der Waals surface area contributed by atoms with Gasteiger partial charge in [0, 0.05) is 29.2 Å². The zero-order valence-corrected chi connectivity index (χ0v) is 24.7. The van der Waals surface area contributed by atoms with Gasteiger partial charge in [-0.3, -0.25) is 9.59 Å². The average Bonchev–Trinajstić information content (AvgIpc) is 3.40. The van der Waals surface area contributed by atoms with Gasteiger partial charge < -0.3 is 10.2 Å². The summed E-state index contributed by atoms with van der Waals surface area (Å²) in [5, 5.41) is 3.28. The molecule has 0 unspecified atom stereocenters. The van der Waals surface area contributed by atoms with Crippen molar-refractivity contribution in [2.75, 3.05) is 5.75 Å². The van der Waals surface area contributed by atoms with Gasteiger partial charge in [-0.05, 0) is 55.5 Å². The van der Waals surface area contributed by atoms with Crippen molar-refractivity contribution in [2.45, 2.75) is 70.3 Å². The van der Waals surface area contributed by atoms with Crippen LogP contribution in [0.2, 0.25) is 0 Å². The first kappa shape index (κ1) is 28.4. The lowest BCUT2D eigenvalue weighted by atomic mass is 10.0. The van der Waals surface area contributed by atoms with Crippen LogP contribution in [0.5, 0.6) is 0 Å². The van der Waals surface area contributed by atoms with Gasteiger partial charge in [0.15, 0.2) is 0 Å². The van der Waals surface area contributed by atoms with E-state index in [1.54, 1.807) is 16.7 Å². The normalized spacial score (nSPS) is 14.3. The van der Waals surface area contributed by atoms with Crippen molar-refractivity contribution in [3.05, 3.63) is 105 Å². The minimum atomic E-state index is -0.573. The van der Waals surface area contributed by atoms with Crippen LogP contribution in [-0.2, 0) is 28.3 Å². The first-order chi connectivity index (χ1) is 18.4. The van der Waals surface area contributed by atoms with Crippen molar-refractivity contribution in [1.82, 2.24) is 10.2 Å². The molecule has 1 aliphatic carbocycles. The molecule has 6 heteroatoms. The minimum Gasteiger partial charge on any atom is -0.352 e. The predicted molar refractivity (Wildman–Crippen MR) is 161 cm³/mol. The predicted octanol–water partition coefficient (Wildman–Crippen LogP) is 7.00. The molecule has 0 radical (unpaired) electrons. The molecule has 2 amide bonds. The molecule has 4 rings (SSSR count). The third-order valence-electron chi connectivity index (χ3n) is 7.01. The highest BCUT2D eigenvalue weighted by atomic mass is 79.9. The minimum absolute atomic E-state index is 0.00945. The Morgan fingerprint density at radius 3 is 2.24 bits per heavy atom. The molecular weight excluding hydrogens is 556 g/mol. The van der Waals surface area contributed by atoms with Crippen molar-refractivity contribution in [1.29, 1.82) is 0 Å². The summed E-state index contributed by atoms with van der Waals surface area (Å²) in [4.78, 5) is 29.4. The van der Waals surface area contributed by atoms with Gasteiger partial charge >= 0.3 is 0 Å². The summed E-state index contributed by atoms with van der Waals surface area (Å²) in [6.07, 6.45) is 4.80. The Kier molecular flexibility index (Phi) is 10.5. The van der Waals surface area contributed by atoms with E-state index in [1.165, 1.54) is 16.7 Å². The van der Waals surface area contributed by atoms with Crippen LogP contribution >= 0.6 is 27.7 Å². The zero-order chi connectivity index (χ0) is 26.9. The second-order valence-electron chi connectivity index (χ2n) is 10.3. The van der Waals surface area contributed by atoms with Crippen LogP contribution in [0.15, 0.2) is 77.3 Å². The van der Waals surface area contributed by atoms with E-state index in [0.717, 1.165) is 47.0 Å². The largest absolute Gasteiger partial charge is 0.352 e. The molecule has 1 atom stereocenters. The van der Waals surface area contributed by atoms with Crippen molar-refractivity contribution in [3.8, 4) is 0 Å². The Bertz CT molecular complexity index is 1190. The van der Waals surface area contributed by atoms with Gasteiger partial charge in [0.25, 0.3) is 0 Å². The van der Waals surface area contributed by atoms with Crippen molar-refractivity contribution in [2.24, 2.45) is 0 Å². The summed E-state index contributed by atoms with van der Waals surface area (Å²) in [6.45, 7) is 4.60. The number of nitrogens with zero attached hydrogens (tertiary/aromatic N) is 1. The van der Waals surface area contributed by atoms with Crippen LogP contribution < -0.4 is 5.32 Å². The van der Waals surface area contributed by atoms with E-state index < -0.39 is 6.04 Å². The van der Waals surface area contributed by atoms with Gasteiger partial charge in [0.1, 0.15) is 6.04 Å². The number of thioether (sulfide) groups is 1. The highest BCUT2D eigenvalue weighted by Crippen LogP contribution is 2.22. The Labute approximate surface area is 239 Å². The highest BCUT2D eigenvalue weighted by Gasteiger charge is 2.32. The molecule has 1 saturated carbocycles. The number of carbonyl (C=O) groups is 2. The van der Waals surface area contributed by atoms with Crippen LogP contribution in [0.1, 0.15) is 53.5 Å². The Balaban J connectivity index is 1.56. The summed E-state index contributed by atoms with van der Waals surface area (Å²) < 4.78 is 0.989. The maximum atomic E-state index is 13.8. The van der Waals surface area contributed by atoms with E-state index in [2.05, 4.69) is 53.3 Å². The summed E-state index contributed by atoms with van der Waals surface area (Å²) in [5.41, 5.74) is 5.74. The van der Waals surface area contributed by atoms with E-state index in [0.29, 0.717) is 18.7 Å².